The van der Waals surface area contributed by atoms with E-state index in [9.17, 15) is 9.59 Å². The summed E-state index contributed by atoms with van der Waals surface area (Å²) in [5.41, 5.74) is 3.62. The van der Waals surface area contributed by atoms with Crippen LogP contribution in [0.1, 0.15) is 28.4 Å². The lowest BCUT2D eigenvalue weighted by molar-refractivity contribution is 0.0595. The van der Waals surface area contributed by atoms with Crippen LogP contribution < -0.4 is 5.56 Å². The molecule has 1 fully saturated rings. The van der Waals surface area contributed by atoms with Crippen LogP contribution in [0.15, 0.2) is 66.0 Å². The first-order chi connectivity index (χ1) is 13.7. The van der Waals surface area contributed by atoms with Crippen molar-refractivity contribution in [2.24, 2.45) is 5.92 Å². The van der Waals surface area contributed by atoms with Crippen LogP contribution in [-0.4, -0.2) is 38.4 Å². The third kappa shape index (κ3) is 2.81. The summed E-state index contributed by atoms with van der Waals surface area (Å²) < 4.78 is 1.89. The molecule has 0 spiro atoms. The molecule has 140 valence electrons. The average Bonchev–Trinajstić information content (AvgIpc) is 2.75. The molecule has 1 amide bonds. The lowest BCUT2D eigenvalue weighted by atomic mass is 9.80. The summed E-state index contributed by atoms with van der Waals surface area (Å²) in [7, 11) is 0. The maximum absolute atomic E-state index is 13.0. The molecule has 0 saturated carbocycles. The van der Waals surface area contributed by atoms with Crippen molar-refractivity contribution < 1.29 is 4.79 Å². The Morgan fingerprint density at radius 3 is 2.54 bits per heavy atom. The largest absolute Gasteiger partial charge is 0.338 e. The van der Waals surface area contributed by atoms with Gasteiger partial charge in [0.15, 0.2) is 0 Å². The number of nitrogens with zero attached hydrogens (tertiary/aromatic N) is 4. The van der Waals surface area contributed by atoms with Gasteiger partial charge in [0.05, 0.1) is 0 Å². The van der Waals surface area contributed by atoms with Crippen molar-refractivity contribution in [2.75, 3.05) is 13.1 Å². The fourth-order valence-corrected chi connectivity index (χ4v) is 4.63. The molecule has 6 heteroatoms. The molecule has 2 aliphatic heterocycles. The second-order valence-corrected chi connectivity index (χ2v) is 7.58. The summed E-state index contributed by atoms with van der Waals surface area (Å²) in [6.07, 6.45) is 6.04. The van der Waals surface area contributed by atoms with Crippen LogP contribution in [0.5, 0.6) is 0 Å². The summed E-state index contributed by atoms with van der Waals surface area (Å²) in [5, 5.41) is 0. The SMILES string of the molecule is O=C(c1ccccc1)N1CC2CC(C1)c1c(-c3cncnc3)ccc(=O)n1C2. The van der Waals surface area contributed by atoms with Crippen molar-refractivity contribution in [2.45, 2.75) is 18.9 Å². The summed E-state index contributed by atoms with van der Waals surface area (Å²) in [4.78, 5) is 35.8. The molecule has 2 atom stereocenters. The van der Waals surface area contributed by atoms with Gasteiger partial charge in [-0.2, -0.15) is 0 Å². The first kappa shape index (κ1) is 16.9. The Morgan fingerprint density at radius 2 is 1.75 bits per heavy atom. The summed E-state index contributed by atoms with van der Waals surface area (Å²) in [6.45, 7) is 1.95. The number of rotatable bonds is 2. The van der Waals surface area contributed by atoms with Crippen molar-refractivity contribution in [3.8, 4) is 11.1 Å². The summed E-state index contributed by atoms with van der Waals surface area (Å²) in [6, 6.07) is 12.9. The van der Waals surface area contributed by atoms with Gasteiger partial charge in [-0.25, -0.2) is 9.97 Å². The minimum Gasteiger partial charge on any atom is -0.338 e. The number of piperidine rings is 1. The van der Waals surface area contributed by atoms with E-state index < -0.39 is 0 Å². The minimum atomic E-state index is 0.0214. The van der Waals surface area contributed by atoms with Gasteiger partial charge in [-0.1, -0.05) is 18.2 Å². The Morgan fingerprint density at radius 1 is 0.964 bits per heavy atom. The zero-order valence-electron chi connectivity index (χ0n) is 15.4. The normalized spacial score (nSPS) is 20.5. The Balaban J connectivity index is 1.55. The maximum Gasteiger partial charge on any atom is 0.253 e. The number of hydrogen-bond acceptors (Lipinski definition) is 4. The Hall–Kier alpha value is -3.28. The number of hydrogen-bond donors (Lipinski definition) is 0. The molecule has 2 aromatic heterocycles. The zero-order chi connectivity index (χ0) is 19.1. The topological polar surface area (TPSA) is 68.1 Å². The van der Waals surface area contributed by atoms with Gasteiger partial charge in [-0.3, -0.25) is 9.59 Å². The molecule has 3 aromatic rings. The standard InChI is InChI=1S/C22H20N4O2/c27-20-7-6-19(18-9-23-14-24-10-18)21-17-8-15(12-26(20)21)11-25(13-17)22(28)16-4-2-1-3-5-16/h1-7,9-10,14-15,17H,8,11-13H2. The van der Waals surface area contributed by atoms with Crippen LogP contribution in [0.4, 0.5) is 0 Å². The van der Waals surface area contributed by atoms with E-state index >= 15 is 0 Å². The highest BCUT2D eigenvalue weighted by atomic mass is 16.2. The van der Waals surface area contributed by atoms with E-state index in [1.54, 1.807) is 18.5 Å². The van der Waals surface area contributed by atoms with E-state index in [2.05, 4.69) is 9.97 Å². The number of fused-ring (bicyclic) bond motifs is 4. The fraction of sp³-hybridized carbons (Fsp3) is 0.273. The molecule has 0 radical (unpaired) electrons. The zero-order valence-corrected chi connectivity index (χ0v) is 15.4. The van der Waals surface area contributed by atoms with Gasteiger partial charge < -0.3 is 9.47 Å². The number of pyridine rings is 1. The maximum atomic E-state index is 13.0. The number of benzene rings is 1. The Bertz CT molecular complexity index is 1080. The minimum absolute atomic E-state index is 0.0214. The lowest BCUT2D eigenvalue weighted by Crippen LogP contribution is -2.49. The van der Waals surface area contributed by atoms with Crippen molar-refractivity contribution in [3.63, 3.8) is 0 Å². The smallest absolute Gasteiger partial charge is 0.253 e. The average molecular weight is 372 g/mol. The molecule has 1 saturated heterocycles. The van der Waals surface area contributed by atoms with Crippen molar-refractivity contribution >= 4 is 5.91 Å². The van der Waals surface area contributed by atoms with E-state index in [-0.39, 0.29) is 17.4 Å². The molecule has 0 N–H and O–H groups in total. The van der Waals surface area contributed by atoms with E-state index in [0.717, 1.165) is 23.2 Å². The molecule has 2 unspecified atom stereocenters. The predicted molar refractivity (Wildman–Crippen MR) is 105 cm³/mol. The quantitative estimate of drug-likeness (QED) is 0.693. The fourth-order valence-electron chi connectivity index (χ4n) is 4.63. The third-order valence-corrected chi connectivity index (χ3v) is 5.77. The van der Waals surface area contributed by atoms with Crippen molar-refractivity contribution in [3.05, 3.63) is 82.8 Å². The van der Waals surface area contributed by atoms with Gasteiger partial charge >= 0.3 is 0 Å². The first-order valence-corrected chi connectivity index (χ1v) is 9.54. The van der Waals surface area contributed by atoms with Gasteiger partial charge in [0.2, 0.25) is 0 Å². The Kier molecular flexibility index (Phi) is 4.04. The molecule has 6 nitrogen and oxygen atoms in total. The van der Waals surface area contributed by atoms with Crippen molar-refractivity contribution in [1.29, 1.82) is 0 Å². The van der Waals surface area contributed by atoms with E-state index in [0.29, 0.717) is 31.1 Å². The van der Waals surface area contributed by atoms with Crippen LogP contribution in [0.3, 0.4) is 0 Å². The summed E-state index contributed by atoms with van der Waals surface area (Å²) in [5.74, 6) is 0.481. The number of likely N-dealkylation sites (tertiary alicyclic amines) is 1. The third-order valence-electron chi connectivity index (χ3n) is 5.77. The van der Waals surface area contributed by atoms with Gasteiger partial charge in [-0.15, -0.1) is 0 Å². The van der Waals surface area contributed by atoms with Crippen molar-refractivity contribution in [1.82, 2.24) is 19.4 Å². The molecule has 0 aliphatic carbocycles. The highest BCUT2D eigenvalue weighted by Gasteiger charge is 2.38. The molecule has 28 heavy (non-hydrogen) atoms. The van der Waals surface area contributed by atoms with Crippen LogP contribution in [-0.2, 0) is 6.54 Å². The number of carbonyl (C=O) groups is 1. The van der Waals surface area contributed by atoms with Crippen LogP contribution >= 0.6 is 0 Å². The monoisotopic (exact) mass is 372 g/mol. The van der Waals surface area contributed by atoms with E-state index in [1.807, 2.05) is 45.9 Å². The van der Waals surface area contributed by atoms with Gasteiger partial charge in [-0.05, 0) is 30.5 Å². The first-order valence-electron chi connectivity index (χ1n) is 9.54. The predicted octanol–water partition coefficient (Wildman–Crippen LogP) is 2.56. The molecule has 4 heterocycles. The molecule has 1 aromatic carbocycles. The highest BCUT2D eigenvalue weighted by molar-refractivity contribution is 5.94. The second kappa shape index (κ2) is 6.71. The molecular formula is C22H20N4O2. The molecule has 2 bridgehead atoms. The molecular weight excluding hydrogens is 352 g/mol. The van der Waals surface area contributed by atoms with Gasteiger partial charge in [0.25, 0.3) is 11.5 Å². The number of carbonyl (C=O) groups excluding carboxylic acids is 1. The summed E-state index contributed by atoms with van der Waals surface area (Å²) >= 11 is 0. The van der Waals surface area contributed by atoms with E-state index in [4.69, 9.17) is 0 Å². The van der Waals surface area contributed by atoms with Crippen LogP contribution in [0.25, 0.3) is 11.1 Å². The lowest BCUT2D eigenvalue weighted by Gasteiger charge is -2.43. The molecule has 5 rings (SSSR count). The van der Waals surface area contributed by atoms with Gasteiger partial charge in [0.1, 0.15) is 6.33 Å². The Labute approximate surface area is 162 Å². The van der Waals surface area contributed by atoms with Gasteiger partial charge in [0, 0.05) is 66.4 Å². The second-order valence-electron chi connectivity index (χ2n) is 7.58. The van der Waals surface area contributed by atoms with Crippen LogP contribution in [0.2, 0.25) is 0 Å². The highest BCUT2D eigenvalue weighted by Crippen LogP contribution is 2.39. The van der Waals surface area contributed by atoms with Crippen LogP contribution in [0, 0.1) is 5.92 Å². The number of aromatic nitrogens is 3. The molecule has 2 aliphatic rings. The number of amides is 1. The van der Waals surface area contributed by atoms with E-state index in [1.165, 1.54) is 6.33 Å².